The number of rotatable bonds is 3. The molecule has 3 heteroatoms. The lowest BCUT2D eigenvalue weighted by Crippen LogP contribution is -2.32. The van der Waals surface area contributed by atoms with Crippen molar-refractivity contribution in [3.05, 3.63) is 65.4 Å². The van der Waals surface area contributed by atoms with Gasteiger partial charge in [0.25, 0.3) is 0 Å². The average molecular weight is 361 g/mol. The van der Waals surface area contributed by atoms with Crippen molar-refractivity contribution in [3.8, 4) is 11.5 Å². The van der Waals surface area contributed by atoms with E-state index in [-0.39, 0.29) is 5.41 Å². The number of hydrogen-bond donors (Lipinski definition) is 0. The maximum absolute atomic E-state index is 6.34. The Hall–Kier alpha value is -2.55. The maximum Gasteiger partial charge on any atom is 0.130 e. The molecule has 0 unspecified atom stereocenters. The summed E-state index contributed by atoms with van der Waals surface area (Å²) in [6.45, 7) is 9.52. The van der Waals surface area contributed by atoms with Crippen LogP contribution in [0.4, 0.5) is 5.69 Å². The van der Waals surface area contributed by atoms with Crippen LogP contribution >= 0.6 is 0 Å². The molecule has 1 aliphatic heterocycles. The number of fused-ring (bicyclic) bond motifs is 1. The minimum atomic E-state index is 0.134. The van der Waals surface area contributed by atoms with Crippen molar-refractivity contribution in [1.82, 2.24) is 0 Å². The summed E-state index contributed by atoms with van der Waals surface area (Å²) in [4.78, 5) is 5.05. The van der Waals surface area contributed by atoms with Gasteiger partial charge in [0.2, 0.25) is 0 Å². The van der Waals surface area contributed by atoms with E-state index in [0.29, 0.717) is 12.5 Å². The zero-order valence-corrected chi connectivity index (χ0v) is 16.6. The topological polar surface area (TPSA) is 30.8 Å². The highest BCUT2D eigenvalue weighted by Crippen LogP contribution is 2.48. The van der Waals surface area contributed by atoms with Crippen molar-refractivity contribution in [2.75, 3.05) is 6.61 Å². The Morgan fingerprint density at radius 3 is 2.56 bits per heavy atom. The Morgan fingerprint density at radius 2 is 1.81 bits per heavy atom. The summed E-state index contributed by atoms with van der Waals surface area (Å²) in [5, 5.41) is 0. The van der Waals surface area contributed by atoms with Gasteiger partial charge in [-0.25, -0.2) is 0 Å². The Kier molecular flexibility index (Phi) is 4.55. The van der Waals surface area contributed by atoms with Crippen LogP contribution in [-0.2, 0) is 0 Å². The highest BCUT2D eigenvalue weighted by molar-refractivity contribution is 6.05. The van der Waals surface area contributed by atoms with E-state index in [1.54, 1.807) is 0 Å². The Bertz CT molecular complexity index is 906. The number of hydrogen-bond acceptors (Lipinski definition) is 3. The minimum absolute atomic E-state index is 0.134. The van der Waals surface area contributed by atoms with Crippen LogP contribution in [0.15, 0.2) is 64.9 Å². The molecular weight excluding hydrogens is 334 g/mol. The molecule has 27 heavy (non-hydrogen) atoms. The normalized spacial score (nSPS) is 22.1. The Labute approximate surface area is 161 Å². The number of benzene rings is 2. The number of nitrogens with zero attached hydrogens (tertiary/aromatic N) is 1. The van der Waals surface area contributed by atoms with Gasteiger partial charge in [0.15, 0.2) is 0 Å². The molecule has 0 saturated heterocycles. The summed E-state index contributed by atoms with van der Waals surface area (Å²) >= 11 is 0. The minimum Gasteiger partial charge on any atom is -0.494 e. The smallest absolute Gasteiger partial charge is 0.130 e. The fourth-order valence-corrected chi connectivity index (χ4v) is 4.14. The maximum atomic E-state index is 6.34. The molecule has 0 bridgehead atoms. The molecular formula is C24H27NO2. The molecule has 2 aromatic rings. The lowest BCUT2D eigenvalue weighted by molar-refractivity contribution is 0.278. The van der Waals surface area contributed by atoms with Gasteiger partial charge in [-0.15, -0.1) is 0 Å². The summed E-state index contributed by atoms with van der Waals surface area (Å²) in [6, 6.07) is 16.4. The third kappa shape index (κ3) is 3.51. The fourth-order valence-electron chi connectivity index (χ4n) is 4.14. The highest BCUT2D eigenvalue weighted by atomic mass is 16.5. The second kappa shape index (κ2) is 6.88. The third-order valence-electron chi connectivity index (χ3n) is 5.36. The van der Waals surface area contributed by atoms with Gasteiger partial charge in [0.05, 0.1) is 12.3 Å². The van der Waals surface area contributed by atoms with Gasteiger partial charge in [-0.3, -0.25) is 4.99 Å². The van der Waals surface area contributed by atoms with E-state index in [2.05, 4.69) is 39.0 Å². The van der Waals surface area contributed by atoms with E-state index in [1.165, 1.54) is 11.1 Å². The van der Waals surface area contributed by atoms with Crippen molar-refractivity contribution in [1.29, 1.82) is 0 Å². The van der Waals surface area contributed by atoms with Gasteiger partial charge in [0.1, 0.15) is 17.3 Å². The Morgan fingerprint density at radius 1 is 1.07 bits per heavy atom. The molecule has 0 spiro atoms. The molecule has 2 aromatic carbocycles. The first-order chi connectivity index (χ1) is 13.0. The largest absolute Gasteiger partial charge is 0.494 e. The summed E-state index contributed by atoms with van der Waals surface area (Å²) in [5.74, 6) is 3.25. The second-order valence-electron chi connectivity index (χ2n) is 8.20. The molecule has 0 aromatic heterocycles. The second-order valence-corrected chi connectivity index (χ2v) is 8.20. The summed E-state index contributed by atoms with van der Waals surface area (Å²) < 4.78 is 11.9. The summed E-state index contributed by atoms with van der Waals surface area (Å²) in [7, 11) is 0. The van der Waals surface area contributed by atoms with Crippen LogP contribution < -0.4 is 9.47 Å². The molecule has 2 aliphatic rings. The lowest BCUT2D eigenvalue weighted by atomic mass is 9.71. The predicted molar refractivity (Wildman–Crippen MR) is 110 cm³/mol. The van der Waals surface area contributed by atoms with Gasteiger partial charge in [0, 0.05) is 29.2 Å². The quantitative estimate of drug-likeness (QED) is 0.631. The van der Waals surface area contributed by atoms with Crippen molar-refractivity contribution in [2.45, 2.75) is 46.5 Å². The van der Waals surface area contributed by atoms with Crippen LogP contribution in [0.5, 0.6) is 11.5 Å². The zero-order valence-electron chi connectivity index (χ0n) is 16.6. The van der Waals surface area contributed by atoms with Crippen molar-refractivity contribution < 1.29 is 9.47 Å². The SMILES string of the molecule is CCOc1ccc(N=C2CC(C)(C)CC3=C2[C@@H](C)c2ccccc2O3)cc1. The third-order valence-corrected chi connectivity index (χ3v) is 5.36. The molecule has 1 aliphatic carbocycles. The first-order valence-electron chi connectivity index (χ1n) is 9.77. The van der Waals surface area contributed by atoms with Gasteiger partial charge in [-0.2, -0.15) is 0 Å². The van der Waals surface area contributed by atoms with Crippen LogP contribution in [0.3, 0.4) is 0 Å². The zero-order chi connectivity index (χ0) is 19.0. The number of aliphatic imine (C=N–C) groups is 1. The van der Waals surface area contributed by atoms with E-state index in [9.17, 15) is 0 Å². The van der Waals surface area contributed by atoms with Gasteiger partial charge in [-0.05, 0) is 49.1 Å². The molecule has 1 heterocycles. The highest BCUT2D eigenvalue weighted by Gasteiger charge is 2.38. The van der Waals surface area contributed by atoms with Crippen LogP contribution in [0.25, 0.3) is 0 Å². The van der Waals surface area contributed by atoms with Crippen LogP contribution in [-0.4, -0.2) is 12.3 Å². The average Bonchev–Trinajstić information content (AvgIpc) is 2.62. The molecule has 3 nitrogen and oxygen atoms in total. The molecule has 0 N–H and O–H groups in total. The van der Waals surface area contributed by atoms with Gasteiger partial charge in [-0.1, -0.05) is 39.0 Å². The van der Waals surface area contributed by atoms with Crippen LogP contribution in [0.1, 0.15) is 52.0 Å². The molecule has 1 atom stereocenters. The van der Waals surface area contributed by atoms with Crippen molar-refractivity contribution >= 4 is 11.4 Å². The first-order valence-corrected chi connectivity index (χ1v) is 9.77. The molecule has 0 amide bonds. The summed E-state index contributed by atoms with van der Waals surface area (Å²) in [6.07, 6.45) is 1.90. The molecule has 0 radical (unpaired) electrons. The first kappa shape index (κ1) is 17.8. The molecule has 0 fully saturated rings. The van der Waals surface area contributed by atoms with E-state index in [1.807, 2.05) is 37.3 Å². The molecule has 4 rings (SSSR count). The van der Waals surface area contributed by atoms with Gasteiger partial charge >= 0.3 is 0 Å². The monoisotopic (exact) mass is 361 g/mol. The van der Waals surface area contributed by atoms with E-state index >= 15 is 0 Å². The number of allylic oxidation sites excluding steroid dienone is 2. The standard InChI is InChI=1S/C24H27NO2/c1-5-26-18-12-10-17(11-13-18)25-20-14-24(3,4)15-22-23(20)16(2)19-8-6-7-9-21(19)27-22/h6-13,16H,5,14-15H2,1-4H3/t16-/m0/s1. The molecule has 140 valence electrons. The van der Waals surface area contributed by atoms with Crippen molar-refractivity contribution in [3.63, 3.8) is 0 Å². The predicted octanol–water partition coefficient (Wildman–Crippen LogP) is 6.43. The Balaban J connectivity index is 1.75. The lowest BCUT2D eigenvalue weighted by Gasteiger charge is -2.39. The summed E-state index contributed by atoms with van der Waals surface area (Å²) in [5.41, 5.74) is 4.75. The van der Waals surface area contributed by atoms with E-state index < -0.39 is 0 Å². The fraction of sp³-hybridized carbons (Fsp3) is 0.375. The van der Waals surface area contributed by atoms with Crippen LogP contribution in [0.2, 0.25) is 0 Å². The van der Waals surface area contributed by atoms with Gasteiger partial charge < -0.3 is 9.47 Å². The van der Waals surface area contributed by atoms with Crippen molar-refractivity contribution in [2.24, 2.45) is 10.4 Å². The van der Waals surface area contributed by atoms with Crippen LogP contribution in [0, 0.1) is 5.41 Å². The van der Waals surface area contributed by atoms with E-state index in [4.69, 9.17) is 14.5 Å². The number of para-hydroxylation sites is 1. The number of ether oxygens (including phenoxy) is 2. The molecule has 0 saturated carbocycles. The van der Waals surface area contributed by atoms with E-state index in [0.717, 1.165) is 41.5 Å².